The second kappa shape index (κ2) is 9.98. The minimum absolute atomic E-state index is 0.164. The van der Waals surface area contributed by atoms with Crippen LogP contribution in [0.1, 0.15) is 28.0 Å². The molecule has 0 radical (unpaired) electrons. The molecule has 0 bridgehead atoms. The lowest BCUT2D eigenvalue weighted by Gasteiger charge is -2.06. The van der Waals surface area contributed by atoms with E-state index >= 15 is 0 Å². The van der Waals surface area contributed by atoms with E-state index in [1.807, 2.05) is 31.2 Å². The number of amides is 2. The Kier molecular flexibility index (Phi) is 7.36. The molecule has 6 nitrogen and oxygen atoms in total. The number of ether oxygens (including phenoxy) is 1. The van der Waals surface area contributed by atoms with Gasteiger partial charge < -0.3 is 15.4 Å². The lowest BCUT2D eigenvalue weighted by Crippen LogP contribution is -2.29. The smallest absolute Gasteiger partial charge is 0.252 e. The van der Waals surface area contributed by atoms with Crippen molar-refractivity contribution in [1.82, 2.24) is 15.6 Å². The maximum atomic E-state index is 11.9. The van der Waals surface area contributed by atoms with E-state index in [4.69, 9.17) is 4.74 Å². The van der Waals surface area contributed by atoms with E-state index in [-0.39, 0.29) is 11.8 Å². The molecule has 136 valence electrons. The van der Waals surface area contributed by atoms with Crippen LogP contribution in [0.2, 0.25) is 0 Å². The predicted octanol–water partition coefficient (Wildman–Crippen LogP) is 2.35. The molecule has 0 unspecified atom stereocenters. The van der Waals surface area contributed by atoms with Gasteiger partial charge >= 0.3 is 0 Å². The molecule has 0 saturated heterocycles. The molecular formula is C20H23N3O3. The molecule has 2 N–H and O–H groups in total. The summed E-state index contributed by atoms with van der Waals surface area (Å²) in [5, 5.41) is 5.58. The standard InChI is InChI=1S/C20H23N3O3/c1-15-4-8-17(14-23-15)20(25)22-13-3-12-21-19(24)11-7-16-5-9-18(26-2)10-6-16/h4-11,14H,3,12-13H2,1-2H3,(H,21,24)(H,22,25)/b11-7+. The zero-order valence-corrected chi connectivity index (χ0v) is 15.0. The van der Waals surface area contributed by atoms with Crippen molar-refractivity contribution in [2.45, 2.75) is 13.3 Å². The van der Waals surface area contributed by atoms with Gasteiger partial charge in [0.1, 0.15) is 5.75 Å². The molecule has 6 heteroatoms. The Morgan fingerprint density at radius 1 is 1.08 bits per heavy atom. The van der Waals surface area contributed by atoms with Crippen LogP contribution in [0.3, 0.4) is 0 Å². The highest BCUT2D eigenvalue weighted by molar-refractivity contribution is 5.94. The Morgan fingerprint density at radius 2 is 1.81 bits per heavy atom. The number of rotatable bonds is 8. The molecule has 0 aliphatic carbocycles. The number of nitrogens with one attached hydrogen (secondary N) is 2. The van der Waals surface area contributed by atoms with Crippen LogP contribution in [-0.2, 0) is 4.79 Å². The number of carbonyl (C=O) groups is 2. The van der Waals surface area contributed by atoms with Gasteiger partial charge in [0.25, 0.3) is 5.91 Å². The summed E-state index contributed by atoms with van der Waals surface area (Å²) < 4.78 is 5.08. The molecule has 0 saturated carbocycles. The van der Waals surface area contributed by atoms with Crippen molar-refractivity contribution in [2.24, 2.45) is 0 Å². The number of benzene rings is 1. The highest BCUT2D eigenvalue weighted by Crippen LogP contribution is 2.12. The summed E-state index contributed by atoms with van der Waals surface area (Å²) in [6.07, 6.45) is 5.42. The summed E-state index contributed by atoms with van der Waals surface area (Å²) in [6, 6.07) is 11.0. The van der Waals surface area contributed by atoms with Crippen molar-refractivity contribution >= 4 is 17.9 Å². The van der Waals surface area contributed by atoms with Crippen LogP contribution in [0.4, 0.5) is 0 Å². The molecule has 0 aliphatic heterocycles. The number of aryl methyl sites for hydroxylation is 1. The Morgan fingerprint density at radius 3 is 2.46 bits per heavy atom. The van der Waals surface area contributed by atoms with E-state index in [1.54, 1.807) is 31.5 Å². The minimum atomic E-state index is -0.171. The molecule has 26 heavy (non-hydrogen) atoms. The van der Waals surface area contributed by atoms with Gasteiger partial charge in [-0.15, -0.1) is 0 Å². The average molecular weight is 353 g/mol. The zero-order valence-electron chi connectivity index (χ0n) is 15.0. The number of methoxy groups -OCH3 is 1. The van der Waals surface area contributed by atoms with E-state index in [2.05, 4.69) is 15.6 Å². The number of pyridine rings is 1. The summed E-state index contributed by atoms with van der Waals surface area (Å²) in [5.74, 6) is 0.438. The Bertz CT molecular complexity index is 753. The van der Waals surface area contributed by atoms with Crippen molar-refractivity contribution in [1.29, 1.82) is 0 Å². The Labute approximate surface area is 153 Å². The number of hydrogen-bond acceptors (Lipinski definition) is 4. The fourth-order valence-electron chi connectivity index (χ4n) is 2.15. The fourth-order valence-corrected chi connectivity index (χ4v) is 2.15. The SMILES string of the molecule is COc1ccc(/C=C/C(=O)NCCCNC(=O)c2ccc(C)nc2)cc1. The molecule has 0 atom stereocenters. The maximum absolute atomic E-state index is 11.9. The molecule has 1 aromatic heterocycles. The van der Waals surface area contributed by atoms with E-state index in [0.29, 0.717) is 25.1 Å². The number of hydrogen-bond donors (Lipinski definition) is 2. The summed E-state index contributed by atoms with van der Waals surface area (Å²) >= 11 is 0. The van der Waals surface area contributed by atoms with Crippen LogP contribution in [-0.4, -0.2) is 37.0 Å². The first-order valence-corrected chi connectivity index (χ1v) is 8.39. The first-order valence-electron chi connectivity index (χ1n) is 8.39. The van der Waals surface area contributed by atoms with Crippen LogP contribution in [0, 0.1) is 6.92 Å². The van der Waals surface area contributed by atoms with E-state index < -0.39 is 0 Å². The molecule has 0 fully saturated rings. The van der Waals surface area contributed by atoms with Crippen molar-refractivity contribution in [2.75, 3.05) is 20.2 Å². The lowest BCUT2D eigenvalue weighted by atomic mass is 10.2. The zero-order chi connectivity index (χ0) is 18.8. The van der Waals surface area contributed by atoms with Crippen LogP contribution >= 0.6 is 0 Å². The van der Waals surface area contributed by atoms with Gasteiger partial charge in [-0.25, -0.2) is 0 Å². The topological polar surface area (TPSA) is 80.3 Å². The highest BCUT2D eigenvalue weighted by Gasteiger charge is 2.04. The van der Waals surface area contributed by atoms with Crippen molar-refractivity contribution < 1.29 is 14.3 Å². The monoisotopic (exact) mass is 353 g/mol. The fraction of sp³-hybridized carbons (Fsp3) is 0.250. The summed E-state index contributed by atoms with van der Waals surface area (Å²) in [5.41, 5.74) is 2.31. The Hall–Kier alpha value is -3.15. The lowest BCUT2D eigenvalue weighted by molar-refractivity contribution is -0.116. The summed E-state index contributed by atoms with van der Waals surface area (Å²) in [6.45, 7) is 2.83. The molecule has 2 aromatic rings. The van der Waals surface area contributed by atoms with E-state index in [9.17, 15) is 9.59 Å². The first-order chi connectivity index (χ1) is 12.6. The first kappa shape index (κ1) is 19.2. The third-order valence-corrected chi connectivity index (χ3v) is 3.65. The van der Waals surface area contributed by atoms with Crippen molar-refractivity contribution in [3.63, 3.8) is 0 Å². The predicted molar refractivity (Wildman–Crippen MR) is 101 cm³/mol. The van der Waals surface area contributed by atoms with Gasteiger partial charge in [0.15, 0.2) is 0 Å². The van der Waals surface area contributed by atoms with Crippen molar-refractivity contribution in [3.8, 4) is 5.75 Å². The molecule has 0 spiro atoms. The van der Waals surface area contributed by atoms with Crippen LogP contribution in [0.25, 0.3) is 6.08 Å². The average Bonchev–Trinajstić information content (AvgIpc) is 2.67. The van der Waals surface area contributed by atoms with Gasteiger partial charge in [-0.2, -0.15) is 0 Å². The van der Waals surface area contributed by atoms with Gasteiger partial charge in [0.05, 0.1) is 12.7 Å². The molecule has 2 amide bonds. The largest absolute Gasteiger partial charge is 0.497 e. The van der Waals surface area contributed by atoms with Crippen LogP contribution < -0.4 is 15.4 Å². The number of aromatic nitrogens is 1. The van der Waals surface area contributed by atoms with Crippen LogP contribution in [0.5, 0.6) is 5.75 Å². The normalized spacial score (nSPS) is 10.5. The second-order valence-corrected chi connectivity index (χ2v) is 5.70. The van der Waals surface area contributed by atoms with Gasteiger partial charge in [-0.3, -0.25) is 14.6 Å². The van der Waals surface area contributed by atoms with Crippen LogP contribution in [0.15, 0.2) is 48.7 Å². The van der Waals surface area contributed by atoms with Gasteiger partial charge in [-0.05, 0) is 49.2 Å². The molecular weight excluding hydrogens is 330 g/mol. The maximum Gasteiger partial charge on any atom is 0.252 e. The molecule has 0 aliphatic rings. The van der Waals surface area contributed by atoms with E-state index in [1.165, 1.54) is 6.08 Å². The Balaban J connectivity index is 1.64. The van der Waals surface area contributed by atoms with E-state index in [0.717, 1.165) is 17.0 Å². The number of nitrogens with zero attached hydrogens (tertiary/aromatic N) is 1. The van der Waals surface area contributed by atoms with Gasteiger partial charge in [-0.1, -0.05) is 12.1 Å². The third-order valence-electron chi connectivity index (χ3n) is 3.65. The quantitative estimate of drug-likeness (QED) is 0.564. The molecule has 2 rings (SSSR count). The molecule has 1 aromatic carbocycles. The summed E-state index contributed by atoms with van der Waals surface area (Å²) in [4.78, 5) is 27.8. The number of carbonyl (C=O) groups excluding carboxylic acids is 2. The van der Waals surface area contributed by atoms with Gasteiger partial charge in [0, 0.05) is 31.1 Å². The molecule has 1 heterocycles. The highest BCUT2D eigenvalue weighted by atomic mass is 16.5. The van der Waals surface area contributed by atoms with Crippen molar-refractivity contribution in [3.05, 3.63) is 65.5 Å². The third kappa shape index (κ3) is 6.39. The second-order valence-electron chi connectivity index (χ2n) is 5.70. The summed E-state index contributed by atoms with van der Waals surface area (Å²) in [7, 11) is 1.61. The van der Waals surface area contributed by atoms with Gasteiger partial charge in [0.2, 0.25) is 5.91 Å². The minimum Gasteiger partial charge on any atom is -0.497 e.